The van der Waals surface area contributed by atoms with E-state index in [-0.39, 0.29) is 12.5 Å². The molecule has 0 aliphatic rings. The molecule has 0 saturated heterocycles. The highest BCUT2D eigenvalue weighted by molar-refractivity contribution is 5.92. The van der Waals surface area contributed by atoms with Crippen molar-refractivity contribution in [2.75, 3.05) is 31.6 Å². The fraction of sp³-hybridized carbons (Fsp3) is 0.533. The van der Waals surface area contributed by atoms with E-state index in [1.54, 1.807) is 0 Å². The number of hydrogen-bond acceptors (Lipinski definition) is 3. The highest BCUT2D eigenvalue weighted by Gasteiger charge is 2.09. The largest absolute Gasteiger partial charge is 0.396 e. The minimum atomic E-state index is -0.0111. The molecule has 0 saturated carbocycles. The lowest BCUT2D eigenvalue weighted by Gasteiger charge is -2.19. The number of amides is 1. The van der Waals surface area contributed by atoms with E-state index in [4.69, 9.17) is 5.11 Å². The van der Waals surface area contributed by atoms with E-state index in [1.807, 2.05) is 36.9 Å². The SMILES string of the molecule is CCN(CCCO)CC(=O)Nc1ccc(C)c(C)c1. The number of carbonyl (C=O) groups excluding carboxylic acids is 1. The lowest BCUT2D eigenvalue weighted by Crippen LogP contribution is -2.34. The summed E-state index contributed by atoms with van der Waals surface area (Å²) in [6.45, 7) is 8.17. The van der Waals surface area contributed by atoms with E-state index in [9.17, 15) is 4.79 Å². The highest BCUT2D eigenvalue weighted by Crippen LogP contribution is 2.14. The van der Waals surface area contributed by atoms with Crippen LogP contribution in [0.4, 0.5) is 5.69 Å². The van der Waals surface area contributed by atoms with Crippen molar-refractivity contribution in [1.29, 1.82) is 0 Å². The number of hydrogen-bond donors (Lipinski definition) is 2. The number of aryl methyl sites for hydroxylation is 2. The fourth-order valence-electron chi connectivity index (χ4n) is 1.87. The van der Waals surface area contributed by atoms with Gasteiger partial charge in [0.2, 0.25) is 5.91 Å². The summed E-state index contributed by atoms with van der Waals surface area (Å²) in [7, 11) is 0. The number of nitrogens with zero attached hydrogens (tertiary/aromatic N) is 1. The highest BCUT2D eigenvalue weighted by atomic mass is 16.3. The van der Waals surface area contributed by atoms with Crippen molar-refractivity contribution < 1.29 is 9.90 Å². The molecule has 1 rings (SSSR count). The first-order valence-corrected chi connectivity index (χ1v) is 6.77. The van der Waals surface area contributed by atoms with Gasteiger partial charge in [0, 0.05) is 18.8 Å². The van der Waals surface area contributed by atoms with Gasteiger partial charge in [-0.15, -0.1) is 0 Å². The molecule has 4 nitrogen and oxygen atoms in total. The first-order valence-electron chi connectivity index (χ1n) is 6.77. The number of carbonyl (C=O) groups is 1. The minimum absolute atomic E-state index is 0.0111. The van der Waals surface area contributed by atoms with Gasteiger partial charge >= 0.3 is 0 Å². The summed E-state index contributed by atoms with van der Waals surface area (Å²) in [5, 5.41) is 11.7. The zero-order valence-electron chi connectivity index (χ0n) is 12.1. The van der Waals surface area contributed by atoms with Crippen molar-refractivity contribution in [1.82, 2.24) is 4.90 Å². The quantitative estimate of drug-likeness (QED) is 0.791. The molecule has 0 aliphatic carbocycles. The average Bonchev–Trinajstić information content (AvgIpc) is 2.38. The van der Waals surface area contributed by atoms with Crippen LogP contribution in [0.5, 0.6) is 0 Å². The van der Waals surface area contributed by atoms with Gasteiger partial charge in [0.1, 0.15) is 0 Å². The molecule has 0 aromatic heterocycles. The van der Waals surface area contributed by atoms with Crippen molar-refractivity contribution >= 4 is 11.6 Å². The van der Waals surface area contributed by atoms with Crippen LogP contribution in [0.3, 0.4) is 0 Å². The van der Waals surface area contributed by atoms with Crippen LogP contribution in [0.15, 0.2) is 18.2 Å². The lowest BCUT2D eigenvalue weighted by molar-refractivity contribution is -0.117. The normalized spacial score (nSPS) is 10.8. The van der Waals surface area contributed by atoms with E-state index in [0.717, 1.165) is 18.8 Å². The first-order chi connectivity index (χ1) is 9.06. The Morgan fingerprint density at radius 3 is 2.63 bits per heavy atom. The number of benzene rings is 1. The molecule has 0 unspecified atom stereocenters. The second-order valence-electron chi connectivity index (χ2n) is 4.79. The molecular weight excluding hydrogens is 240 g/mol. The molecule has 1 aromatic carbocycles. The Balaban J connectivity index is 2.51. The van der Waals surface area contributed by atoms with Crippen molar-refractivity contribution in [3.05, 3.63) is 29.3 Å². The molecule has 0 bridgehead atoms. The van der Waals surface area contributed by atoms with Gasteiger partial charge in [0.25, 0.3) is 0 Å². The Morgan fingerprint density at radius 2 is 2.05 bits per heavy atom. The van der Waals surface area contributed by atoms with Gasteiger partial charge in [-0.2, -0.15) is 0 Å². The van der Waals surface area contributed by atoms with Crippen LogP contribution >= 0.6 is 0 Å². The Hall–Kier alpha value is -1.39. The van der Waals surface area contributed by atoms with E-state index in [0.29, 0.717) is 13.0 Å². The van der Waals surface area contributed by atoms with E-state index in [1.165, 1.54) is 11.1 Å². The van der Waals surface area contributed by atoms with Crippen molar-refractivity contribution in [3.8, 4) is 0 Å². The predicted molar refractivity (Wildman–Crippen MR) is 78.4 cm³/mol. The zero-order chi connectivity index (χ0) is 14.3. The summed E-state index contributed by atoms with van der Waals surface area (Å²) in [4.78, 5) is 13.9. The number of aliphatic hydroxyl groups is 1. The van der Waals surface area contributed by atoms with Crippen LogP contribution in [0, 0.1) is 13.8 Å². The van der Waals surface area contributed by atoms with Crippen LogP contribution < -0.4 is 5.32 Å². The van der Waals surface area contributed by atoms with Gasteiger partial charge in [-0.25, -0.2) is 0 Å². The van der Waals surface area contributed by atoms with Gasteiger partial charge in [0.05, 0.1) is 6.54 Å². The maximum atomic E-state index is 11.9. The standard InChI is InChI=1S/C15H24N2O2/c1-4-17(8-5-9-18)11-15(19)16-14-7-6-12(2)13(3)10-14/h6-7,10,18H,4-5,8-9,11H2,1-3H3,(H,16,19). The fourth-order valence-corrected chi connectivity index (χ4v) is 1.87. The Kier molecular flexibility index (Phi) is 6.53. The van der Waals surface area contributed by atoms with E-state index >= 15 is 0 Å². The third-order valence-electron chi connectivity index (χ3n) is 3.24. The molecule has 19 heavy (non-hydrogen) atoms. The third kappa shape index (κ3) is 5.41. The van der Waals surface area contributed by atoms with Crippen LogP contribution in [-0.4, -0.2) is 42.2 Å². The number of anilines is 1. The second kappa shape index (κ2) is 7.92. The van der Waals surface area contributed by atoms with Gasteiger partial charge in [-0.05, 0) is 50.1 Å². The monoisotopic (exact) mass is 264 g/mol. The molecule has 4 heteroatoms. The summed E-state index contributed by atoms with van der Waals surface area (Å²) >= 11 is 0. The smallest absolute Gasteiger partial charge is 0.238 e. The summed E-state index contributed by atoms with van der Waals surface area (Å²) < 4.78 is 0. The number of rotatable bonds is 7. The Morgan fingerprint density at radius 1 is 1.32 bits per heavy atom. The maximum Gasteiger partial charge on any atom is 0.238 e. The summed E-state index contributed by atoms with van der Waals surface area (Å²) in [5.74, 6) is -0.0111. The third-order valence-corrected chi connectivity index (χ3v) is 3.24. The average molecular weight is 264 g/mol. The molecular formula is C15H24N2O2. The van der Waals surface area contributed by atoms with Gasteiger partial charge in [0.15, 0.2) is 0 Å². The summed E-state index contributed by atoms with van der Waals surface area (Å²) in [6.07, 6.45) is 0.699. The van der Waals surface area contributed by atoms with Crippen molar-refractivity contribution in [2.24, 2.45) is 0 Å². The van der Waals surface area contributed by atoms with E-state index < -0.39 is 0 Å². The van der Waals surface area contributed by atoms with Crippen LogP contribution in [0.2, 0.25) is 0 Å². The molecule has 0 aliphatic heterocycles. The molecule has 2 N–H and O–H groups in total. The molecule has 0 heterocycles. The van der Waals surface area contributed by atoms with Gasteiger partial charge < -0.3 is 10.4 Å². The lowest BCUT2D eigenvalue weighted by atomic mass is 10.1. The van der Waals surface area contributed by atoms with Crippen molar-refractivity contribution in [2.45, 2.75) is 27.2 Å². The topological polar surface area (TPSA) is 52.6 Å². The molecule has 1 aromatic rings. The van der Waals surface area contributed by atoms with Crippen LogP contribution in [-0.2, 0) is 4.79 Å². The van der Waals surface area contributed by atoms with Gasteiger partial charge in [-0.1, -0.05) is 13.0 Å². The minimum Gasteiger partial charge on any atom is -0.396 e. The Bertz CT molecular complexity index is 419. The number of likely N-dealkylation sites (N-methyl/N-ethyl adjacent to an activating group) is 1. The predicted octanol–water partition coefficient (Wildman–Crippen LogP) is 1.95. The molecule has 0 spiro atoms. The summed E-state index contributed by atoms with van der Waals surface area (Å²) in [5.41, 5.74) is 3.23. The molecule has 106 valence electrons. The van der Waals surface area contributed by atoms with Crippen LogP contribution in [0.1, 0.15) is 24.5 Å². The number of aliphatic hydroxyl groups excluding tert-OH is 1. The first kappa shape index (κ1) is 15.7. The van der Waals surface area contributed by atoms with Crippen LogP contribution in [0.25, 0.3) is 0 Å². The Labute approximate surface area is 115 Å². The molecule has 0 atom stereocenters. The zero-order valence-corrected chi connectivity index (χ0v) is 12.1. The van der Waals surface area contributed by atoms with Crippen molar-refractivity contribution in [3.63, 3.8) is 0 Å². The molecule has 0 fully saturated rings. The number of nitrogens with one attached hydrogen (secondary N) is 1. The maximum absolute atomic E-state index is 11.9. The van der Waals surface area contributed by atoms with Gasteiger partial charge in [-0.3, -0.25) is 9.69 Å². The summed E-state index contributed by atoms with van der Waals surface area (Å²) in [6, 6.07) is 5.91. The second-order valence-corrected chi connectivity index (χ2v) is 4.79. The van der Waals surface area contributed by atoms with E-state index in [2.05, 4.69) is 12.2 Å². The molecule has 0 radical (unpaired) electrons. The molecule has 1 amide bonds.